The number of alkyl halides is 3. The minimum atomic E-state index is -4.49. The van der Waals surface area contributed by atoms with Crippen molar-refractivity contribution in [1.82, 2.24) is 15.0 Å². The number of amides is 1. The van der Waals surface area contributed by atoms with Gasteiger partial charge in [-0.3, -0.25) is 4.79 Å². The molecule has 1 atom stereocenters. The Morgan fingerprint density at radius 2 is 2.13 bits per heavy atom. The second-order valence-corrected chi connectivity index (χ2v) is 7.34. The van der Waals surface area contributed by atoms with E-state index in [1.54, 1.807) is 11.8 Å². The van der Waals surface area contributed by atoms with E-state index in [0.29, 0.717) is 29.7 Å². The first-order valence-electron chi connectivity index (χ1n) is 9.48. The first kappa shape index (κ1) is 20.0. The van der Waals surface area contributed by atoms with Gasteiger partial charge in [0.05, 0.1) is 27.9 Å². The summed E-state index contributed by atoms with van der Waals surface area (Å²) in [4.78, 5) is 19.3. The topological polar surface area (TPSA) is 59.2 Å². The molecular weight excluding hydrogens is 395 g/mol. The van der Waals surface area contributed by atoms with Gasteiger partial charge in [-0.2, -0.15) is 13.2 Å². The number of terminal acetylenes is 1. The first-order chi connectivity index (χ1) is 14.3. The number of benzene rings is 1. The van der Waals surface area contributed by atoms with Gasteiger partial charge in [-0.15, -0.1) is 12.3 Å². The summed E-state index contributed by atoms with van der Waals surface area (Å²) in [6.45, 7) is 2.68. The standard InChI is InChI=1S/C22H18F3N3O2/c1-3-14-6-5-9-28(12-14)21(29)17-11-18(26-20-19(17)13(2)27-30-20)15-7-4-8-16(10-15)22(23,24)25/h1,4,7-8,10-11,14H,5-6,9,12H2,2H3. The van der Waals surface area contributed by atoms with Crippen LogP contribution in [0.15, 0.2) is 34.9 Å². The van der Waals surface area contributed by atoms with Crippen LogP contribution in [0.2, 0.25) is 0 Å². The molecule has 0 N–H and O–H groups in total. The van der Waals surface area contributed by atoms with Crippen LogP contribution in [0.3, 0.4) is 0 Å². The van der Waals surface area contributed by atoms with E-state index in [-0.39, 0.29) is 28.8 Å². The van der Waals surface area contributed by atoms with Crippen LogP contribution in [-0.4, -0.2) is 34.0 Å². The molecule has 1 aliphatic rings. The van der Waals surface area contributed by atoms with Crippen molar-refractivity contribution in [3.63, 3.8) is 0 Å². The highest BCUT2D eigenvalue weighted by atomic mass is 19.4. The van der Waals surface area contributed by atoms with Crippen LogP contribution in [0, 0.1) is 25.2 Å². The Kier molecular flexibility index (Phi) is 4.98. The van der Waals surface area contributed by atoms with Crippen LogP contribution in [0.4, 0.5) is 13.2 Å². The molecule has 0 bridgehead atoms. The molecule has 2 aromatic heterocycles. The number of fused-ring (bicyclic) bond motifs is 1. The predicted molar refractivity (Wildman–Crippen MR) is 104 cm³/mol. The zero-order valence-corrected chi connectivity index (χ0v) is 16.2. The van der Waals surface area contributed by atoms with Gasteiger partial charge in [-0.25, -0.2) is 4.98 Å². The number of pyridine rings is 1. The van der Waals surface area contributed by atoms with Gasteiger partial charge in [-0.05, 0) is 38.0 Å². The fourth-order valence-corrected chi connectivity index (χ4v) is 3.73. The molecule has 1 unspecified atom stereocenters. The van der Waals surface area contributed by atoms with Gasteiger partial charge in [0.15, 0.2) is 0 Å². The molecule has 5 nitrogen and oxygen atoms in total. The van der Waals surface area contributed by atoms with Crippen molar-refractivity contribution in [3.8, 4) is 23.6 Å². The van der Waals surface area contributed by atoms with Gasteiger partial charge in [0, 0.05) is 24.6 Å². The van der Waals surface area contributed by atoms with Crippen molar-refractivity contribution in [2.24, 2.45) is 5.92 Å². The van der Waals surface area contributed by atoms with Gasteiger partial charge < -0.3 is 9.42 Å². The van der Waals surface area contributed by atoms with Crippen molar-refractivity contribution >= 4 is 17.0 Å². The van der Waals surface area contributed by atoms with E-state index in [4.69, 9.17) is 10.9 Å². The minimum absolute atomic E-state index is 0.0217. The molecule has 1 fully saturated rings. The van der Waals surface area contributed by atoms with Crippen molar-refractivity contribution in [2.45, 2.75) is 25.9 Å². The highest BCUT2D eigenvalue weighted by Gasteiger charge is 2.31. The van der Waals surface area contributed by atoms with E-state index < -0.39 is 11.7 Å². The summed E-state index contributed by atoms with van der Waals surface area (Å²) in [6, 6.07) is 6.31. The Hall–Kier alpha value is -3.34. The summed E-state index contributed by atoms with van der Waals surface area (Å²) < 4.78 is 44.6. The van der Waals surface area contributed by atoms with E-state index in [2.05, 4.69) is 16.1 Å². The van der Waals surface area contributed by atoms with Crippen LogP contribution in [0.5, 0.6) is 0 Å². The fraction of sp³-hybridized carbons (Fsp3) is 0.318. The maximum absolute atomic E-state index is 13.3. The first-order valence-corrected chi connectivity index (χ1v) is 9.48. The van der Waals surface area contributed by atoms with Crippen molar-refractivity contribution in [3.05, 3.63) is 47.2 Å². The number of likely N-dealkylation sites (tertiary alicyclic amines) is 1. The maximum Gasteiger partial charge on any atom is 0.416 e. The van der Waals surface area contributed by atoms with Gasteiger partial charge in [0.2, 0.25) is 0 Å². The number of hydrogen-bond acceptors (Lipinski definition) is 4. The quantitative estimate of drug-likeness (QED) is 0.572. The summed E-state index contributed by atoms with van der Waals surface area (Å²) in [5, 5.41) is 4.34. The molecule has 1 saturated heterocycles. The number of hydrogen-bond donors (Lipinski definition) is 0. The number of aromatic nitrogens is 2. The monoisotopic (exact) mass is 413 g/mol. The molecule has 0 saturated carbocycles. The fourth-order valence-electron chi connectivity index (χ4n) is 3.73. The lowest BCUT2D eigenvalue weighted by Crippen LogP contribution is -2.39. The van der Waals surface area contributed by atoms with Crippen LogP contribution in [-0.2, 0) is 6.18 Å². The lowest BCUT2D eigenvalue weighted by Gasteiger charge is -2.30. The van der Waals surface area contributed by atoms with E-state index in [1.807, 2.05) is 0 Å². The second kappa shape index (κ2) is 7.48. The smallest absolute Gasteiger partial charge is 0.337 e. The van der Waals surface area contributed by atoms with Crippen LogP contribution >= 0.6 is 0 Å². The van der Waals surface area contributed by atoms with E-state index >= 15 is 0 Å². The molecule has 0 spiro atoms. The number of nitrogens with zero attached hydrogens (tertiary/aromatic N) is 3. The van der Waals surface area contributed by atoms with Gasteiger partial charge in [0.1, 0.15) is 0 Å². The molecule has 4 rings (SSSR count). The molecule has 0 aliphatic carbocycles. The number of piperidine rings is 1. The molecule has 3 heterocycles. The van der Waals surface area contributed by atoms with Crippen molar-refractivity contribution in [2.75, 3.05) is 13.1 Å². The Morgan fingerprint density at radius 1 is 1.33 bits per heavy atom. The second-order valence-electron chi connectivity index (χ2n) is 7.34. The van der Waals surface area contributed by atoms with Crippen LogP contribution < -0.4 is 0 Å². The Balaban J connectivity index is 1.82. The number of carbonyl (C=O) groups excluding carboxylic acids is 1. The summed E-state index contributed by atoms with van der Waals surface area (Å²) in [5.41, 5.74) is 0.534. The van der Waals surface area contributed by atoms with Gasteiger partial charge in [0.25, 0.3) is 11.6 Å². The highest BCUT2D eigenvalue weighted by molar-refractivity contribution is 6.07. The predicted octanol–water partition coefficient (Wildman–Crippen LogP) is 4.70. The largest absolute Gasteiger partial charge is 0.416 e. The van der Waals surface area contributed by atoms with Gasteiger partial charge >= 0.3 is 6.18 Å². The molecule has 30 heavy (non-hydrogen) atoms. The number of rotatable bonds is 2. The average Bonchev–Trinajstić information content (AvgIpc) is 3.13. The normalized spacial score (nSPS) is 17.2. The molecule has 1 aromatic carbocycles. The minimum Gasteiger partial charge on any atom is -0.337 e. The van der Waals surface area contributed by atoms with Crippen molar-refractivity contribution in [1.29, 1.82) is 0 Å². The SMILES string of the molecule is C#CC1CCCN(C(=O)c2cc(-c3cccc(C(F)(F)F)c3)nc3onc(C)c23)C1. The highest BCUT2D eigenvalue weighted by Crippen LogP contribution is 2.33. The zero-order valence-electron chi connectivity index (χ0n) is 16.2. The molecule has 3 aromatic rings. The van der Waals surface area contributed by atoms with Crippen molar-refractivity contribution < 1.29 is 22.5 Å². The third-order valence-electron chi connectivity index (χ3n) is 5.28. The third-order valence-corrected chi connectivity index (χ3v) is 5.28. The molecule has 1 aliphatic heterocycles. The molecule has 154 valence electrons. The average molecular weight is 413 g/mol. The molecular formula is C22H18F3N3O2. The lowest BCUT2D eigenvalue weighted by molar-refractivity contribution is -0.137. The summed E-state index contributed by atoms with van der Waals surface area (Å²) in [7, 11) is 0. The van der Waals surface area contributed by atoms with E-state index in [0.717, 1.165) is 25.0 Å². The molecule has 8 heteroatoms. The van der Waals surface area contributed by atoms with Crippen LogP contribution in [0.25, 0.3) is 22.4 Å². The van der Waals surface area contributed by atoms with Crippen LogP contribution in [0.1, 0.15) is 34.5 Å². The maximum atomic E-state index is 13.3. The Bertz CT molecular complexity index is 1160. The zero-order chi connectivity index (χ0) is 21.5. The number of halogens is 3. The molecule has 1 amide bonds. The summed E-state index contributed by atoms with van der Waals surface area (Å²) in [6.07, 6.45) is 2.70. The van der Waals surface area contributed by atoms with E-state index in [9.17, 15) is 18.0 Å². The number of carbonyl (C=O) groups is 1. The lowest BCUT2D eigenvalue weighted by atomic mass is 9.97. The molecule has 0 radical (unpaired) electrons. The van der Waals surface area contributed by atoms with Gasteiger partial charge in [-0.1, -0.05) is 17.3 Å². The Labute approximate surface area is 170 Å². The number of aryl methyl sites for hydroxylation is 1. The third kappa shape index (κ3) is 3.63. The Morgan fingerprint density at radius 3 is 2.87 bits per heavy atom. The summed E-state index contributed by atoms with van der Waals surface area (Å²) in [5.74, 6) is 2.41. The van der Waals surface area contributed by atoms with E-state index in [1.165, 1.54) is 18.2 Å². The summed E-state index contributed by atoms with van der Waals surface area (Å²) >= 11 is 0.